The van der Waals surface area contributed by atoms with E-state index in [1.165, 1.54) is 16.7 Å². The average molecular weight is 553 g/mol. The smallest absolute Gasteiger partial charge is 0.193 e. The lowest BCUT2D eigenvalue weighted by Crippen LogP contribution is -2.44. The van der Waals surface area contributed by atoms with Gasteiger partial charge < -0.3 is 15.0 Å². The third-order valence-electron chi connectivity index (χ3n) is 6.27. The van der Waals surface area contributed by atoms with Crippen LogP contribution in [0.2, 0.25) is 0 Å². The Morgan fingerprint density at radius 2 is 1.81 bits per heavy atom. The van der Waals surface area contributed by atoms with Crippen molar-refractivity contribution in [3.8, 4) is 0 Å². The lowest BCUT2D eigenvalue weighted by Gasteiger charge is -2.35. The zero-order chi connectivity index (χ0) is 21.8. The molecule has 176 valence electrons. The first kappa shape index (κ1) is 25.0. The molecule has 0 aliphatic carbocycles. The molecule has 3 atom stereocenters. The van der Waals surface area contributed by atoms with Gasteiger partial charge in [-0.25, -0.2) is 0 Å². The lowest BCUT2D eigenvalue weighted by atomic mass is 10.0. The number of guanidine groups is 1. The van der Waals surface area contributed by atoms with Crippen molar-refractivity contribution < 1.29 is 4.74 Å². The first-order chi connectivity index (χ1) is 15.0. The summed E-state index contributed by atoms with van der Waals surface area (Å²) < 4.78 is 7.73. The van der Waals surface area contributed by atoms with Gasteiger partial charge in [-0.3, -0.25) is 14.6 Å². The molecule has 8 heteroatoms. The van der Waals surface area contributed by atoms with Crippen LogP contribution in [0.3, 0.4) is 0 Å². The van der Waals surface area contributed by atoms with E-state index in [1.807, 2.05) is 25.0 Å². The second kappa shape index (κ2) is 11.5. The highest BCUT2D eigenvalue weighted by atomic mass is 127. The van der Waals surface area contributed by atoms with Crippen LogP contribution in [0.25, 0.3) is 0 Å². The largest absolute Gasteiger partial charge is 0.373 e. The molecule has 1 N–H and O–H groups in total. The van der Waals surface area contributed by atoms with Gasteiger partial charge in [0.05, 0.1) is 18.4 Å². The summed E-state index contributed by atoms with van der Waals surface area (Å²) in [6.45, 7) is 10.1. The fraction of sp³-hybridized carbons (Fsp3) is 0.583. The minimum atomic E-state index is 0. The van der Waals surface area contributed by atoms with Crippen LogP contribution in [0.15, 0.2) is 41.7 Å². The van der Waals surface area contributed by atoms with Crippen molar-refractivity contribution in [2.24, 2.45) is 12.0 Å². The van der Waals surface area contributed by atoms with E-state index in [1.54, 1.807) is 0 Å². The van der Waals surface area contributed by atoms with Crippen LogP contribution in [0.1, 0.15) is 42.9 Å². The van der Waals surface area contributed by atoms with Gasteiger partial charge in [-0.2, -0.15) is 5.10 Å². The summed E-state index contributed by atoms with van der Waals surface area (Å²) in [4.78, 5) is 9.36. The van der Waals surface area contributed by atoms with Gasteiger partial charge in [0.1, 0.15) is 0 Å². The van der Waals surface area contributed by atoms with Crippen molar-refractivity contribution in [1.82, 2.24) is 24.9 Å². The number of aromatic nitrogens is 2. The maximum atomic E-state index is 5.84. The van der Waals surface area contributed by atoms with Gasteiger partial charge in [0.2, 0.25) is 0 Å². The molecule has 3 unspecified atom stereocenters. The molecule has 4 rings (SSSR count). The molecule has 1 aromatic heterocycles. The van der Waals surface area contributed by atoms with Crippen LogP contribution in [0, 0.1) is 0 Å². The number of likely N-dealkylation sites (tertiary alicyclic amines) is 1. The summed E-state index contributed by atoms with van der Waals surface area (Å²) in [7, 11) is 3.84. The van der Waals surface area contributed by atoms with E-state index in [9.17, 15) is 0 Å². The van der Waals surface area contributed by atoms with Crippen molar-refractivity contribution in [1.29, 1.82) is 0 Å². The maximum absolute atomic E-state index is 5.84. The number of nitrogens with zero attached hydrogens (tertiary/aromatic N) is 5. The number of hydrogen-bond donors (Lipinski definition) is 1. The lowest BCUT2D eigenvalue weighted by molar-refractivity contribution is -0.0704. The number of rotatable bonds is 5. The Bertz CT molecular complexity index is 873. The third kappa shape index (κ3) is 6.45. The molecule has 0 spiro atoms. The Balaban J connectivity index is 0.00000289. The summed E-state index contributed by atoms with van der Waals surface area (Å²) in [5, 5.41) is 7.87. The molecule has 0 amide bonds. The Morgan fingerprint density at radius 1 is 1.12 bits per heavy atom. The number of benzene rings is 1. The molecule has 1 aromatic carbocycles. The number of hydrogen-bond acceptors (Lipinski definition) is 4. The second-order valence-electron chi connectivity index (χ2n) is 9.05. The summed E-state index contributed by atoms with van der Waals surface area (Å²) in [6.07, 6.45) is 5.87. The Labute approximate surface area is 209 Å². The Morgan fingerprint density at radius 3 is 2.44 bits per heavy atom. The number of aliphatic imine (C=N–C) groups is 1. The number of ether oxygens (including phenoxy) is 1. The summed E-state index contributed by atoms with van der Waals surface area (Å²) in [6, 6.07) is 8.95. The number of morpholine rings is 1. The molecule has 0 bridgehead atoms. The monoisotopic (exact) mass is 552 g/mol. The van der Waals surface area contributed by atoms with E-state index in [0.717, 1.165) is 51.6 Å². The van der Waals surface area contributed by atoms with E-state index in [0.29, 0.717) is 18.1 Å². The third-order valence-corrected chi connectivity index (χ3v) is 6.27. The number of nitrogens with one attached hydrogen (secondary N) is 1. The molecule has 32 heavy (non-hydrogen) atoms. The van der Waals surface area contributed by atoms with E-state index in [-0.39, 0.29) is 24.0 Å². The van der Waals surface area contributed by atoms with E-state index < -0.39 is 0 Å². The second-order valence-corrected chi connectivity index (χ2v) is 9.05. The number of halogens is 1. The standard InChI is InChI=1S/C24H36N6O.HI/c1-18-13-29(14-19(2)31-18)15-21-7-5-20(6-8-21)11-26-24(25-3)30-10-9-22(17-30)23-12-27-28(4)16-23;/h5-8,12,16,18-19,22H,9-11,13-15,17H2,1-4H3,(H,25,26);1H. The molecule has 0 radical (unpaired) electrons. The molecule has 7 nitrogen and oxygen atoms in total. The molecule has 2 saturated heterocycles. The van der Waals surface area contributed by atoms with Crippen LogP contribution >= 0.6 is 24.0 Å². The normalized spacial score (nSPS) is 24.4. The highest BCUT2D eigenvalue weighted by Gasteiger charge is 2.27. The van der Waals surface area contributed by atoms with Gasteiger partial charge in [0.25, 0.3) is 0 Å². The molecule has 3 heterocycles. The fourth-order valence-corrected chi connectivity index (χ4v) is 4.82. The predicted molar refractivity (Wildman–Crippen MR) is 139 cm³/mol. The van der Waals surface area contributed by atoms with Crippen LogP contribution in [-0.4, -0.2) is 71.0 Å². The van der Waals surface area contributed by atoms with Crippen molar-refractivity contribution >= 4 is 29.9 Å². The van der Waals surface area contributed by atoms with Crippen molar-refractivity contribution in [3.63, 3.8) is 0 Å². The zero-order valence-corrected chi connectivity index (χ0v) is 22.0. The maximum Gasteiger partial charge on any atom is 0.193 e. The quantitative estimate of drug-likeness (QED) is 0.351. The summed E-state index contributed by atoms with van der Waals surface area (Å²) >= 11 is 0. The first-order valence-corrected chi connectivity index (χ1v) is 11.4. The van der Waals surface area contributed by atoms with Crippen LogP contribution in [0.4, 0.5) is 0 Å². The molecule has 2 fully saturated rings. The summed E-state index contributed by atoms with van der Waals surface area (Å²) in [5.41, 5.74) is 3.95. The van der Waals surface area contributed by atoms with Gasteiger partial charge in [0.15, 0.2) is 5.96 Å². The minimum Gasteiger partial charge on any atom is -0.373 e. The van der Waals surface area contributed by atoms with Crippen LogP contribution in [0.5, 0.6) is 0 Å². The molecule has 2 aliphatic heterocycles. The van der Waals surface area contributed by atoms with Gasteiger partial charge in [-0.1, -0.05) is 24.3 Å². The van der Waals surface area contributed by atoms with E-state index in [2.05, 4.69) is 69.5 Å². The van der Waals surface area contributed by atoms with Gasteiger partial charge in [-0.15, -0.1) is 24.0 Å². The van der Waals surface area contributed by atoms with Crippen molar-refractivity contribution in [3.05, 3.63) is 53.3 Å². The molecular weight excluding hydrogens is 515 g/mol. The number of aryl methyl sites for hydroxylation is 1. The van der Waals surface area contributed by atoms with Gasteiger partial charge in [0, 0.05) is 65.5 Å². The van der Waals surface area contributed by atoms with Gasteiger partial charge in [-0.05, 0) is 37.0 Å². The summed E-state index contributed by atoms with van der Waals surface area (Å²) in [5.74, 6) is 1.50. The molecule has 2 aromatic rings. The van der Waals surface area contributed by atoms with Crippen LogP contribution in [-0.2, 0) is 24.9 Å². The predicted octanol–water partition coefficient (Wildman–Crippen LogP) is 3.21. The topological polar surface area (TPSA) is 57.9 Å². The fourth-order valence-electron chi connectivity index (χ4n) is 4.82. The van der Waals surface area contributed by atoms with Crippen LogP contribution < -0.4 is 5.32 Å². The zero-order valence-electron chi connectivity index (χ0n) is 19.7. The Hall–Kier alpha value is -1.65. The average Bonchev–Trinajstić information content (AvgIpc) is 3.38. The molecule has 2 aliphatic rings. The van der Waals surface area contributed by atoms with E-state index >= 15 is 0 Å². The minimum absolute atomic E-state index is 0. The Kier molecular flexibility index (Phi) is 8.95. The van der Waals surface area contributed by atoms with Crippen molar-refractivity contribution in [2.75, 3.05) is 33.2 Å². The highest BCUT2D eigenvalue weighted by Crippen LogP contribution is 2.26. The van der Waals surface area contributed by atoms with Gasteiger partial charge >= 0.3 is 0 Å². The van der Waals surface area contributed by atoms with E-state index in [4.69, 9.17) is 4.74 Å². The SMILES string of the molecule is CN=C(NCc1ccc(CN2CC(C)OC(C)C2)cc1)N1CCC(c2cnn(C)c2)C1.I. The van der Waals surface area contributed by atoms with Crippen molar-refractivity contribution in [2.45, 2.75) is 51.5 Å². The first-order valence-electron chi connectivity index (χ1n) is 11.4. The highest BCUT2D eigenvalue weighted by molar-refractivity contribution is 14.0. The molecular formula is C24H37IN6O. The molecule has 0 saturated carbocycles.